The van der Waals surface area contributed by atoms with Crippen molar-refractivity contribution in [2.75, 3.05) is 31.3 Å². The van der Waals surface area contributed by atoms with Gasteiger partial charge in [0.2, 0.25) is 5.91 Å². The molecule has 1 aromatic heterocycles. The number of nitrogens with zero attached hydrogens (tertiary/aromatic N) is 1. The topological polar surface area (TPSA) is 120 Å². The summed E-state index contributed by atoms with van der Waals surface area (Å²) in [7, 11) is 3.82. The molecule has 0 radical (unpaired) electrons. The van der Waals surface area contributed by atoms with Crippen LogP contribution >= 0.6 is 0 Å². The van der Waals surface area contributed by atoms with Crippen LogP contribution in [0, 0.1) is 12.7 Å². The maximum Gasteiger partial charge on any atom is 0.255 e. The molecule has 0 aliphatic heterocycles. The molecule has 1 heterocycles. The number of rotatable bonds is 8. The lowest BCUT2D eigenvalue weighted by molar-refractivity contribution is -0.116. The minimum Gasteiger partial charge on any atom is -0.366 e. The third kappa shape index (κ3) is 5.66. The van der Waals surface area contributed by atoms with Gasteiger partial charge in [-0.05, 0) is 86.2 Å². The molecule has 8 nitrogen and oxygen atoms in total. The standard InChI is InChI=1S/C32H30FN5O3/c1-18-22(5-4-6-26(18)37-32(41)19-7-9-20(33)10-8-19)23-13-14-25(31(34)40)30-29(23)24-12-11-21(17-27(24)36-30)35-28(39)15-16-38(2)3/h4-14,17,36H,15-16H2,1-3H3,(H2,34,40)(H,35,39)(H,37,41). The molecule has 0 spiro atoms. The molecule has 5 aromatic rings. The van der Waals surface area contributed by atoms with E-state index in [0.717, 1.165) is 33.0 Å². The molecule has 0 unspecified atom stereocenters. The third-order valence-electron chi connectivity index (χ3n) is 7.07. The molecule has 0 aliphatic rings. The highest BCUT2D eigenvalue weighted by atomic mass is 19.1. The zero-order valence-electron chi connectivity index (χ0n) is 23.0. The first kappa shape index (κ1) is 27.5. The molecule has 5 rings (SSSR count). The second kappa shape index (κ2) is 11.2. The van der Waals surface area contributed by atoms with Gasteiger partial charge in [0.25, 0.3) is 11.8 Å². The van der Waals surface area contributed by atoms with E-state index in [4.69, 9.17) is 5.73 Å². The van der Waals surface area contributed by atoms with Gasteiger partial charge in [0, 0.05) is 46.2 Å². The predicted octanol–water partition coefficient (Wildman–Crippen LogP) is 5.68. The van der Waals surface area contributed by atoms with Crippen molar-refractivity contribution in [1.29, 1.82) is 0 Å². The van der Waals surface area contributed by atoms with Crippen LogP contribution in [0.2, 0.25) is 0 Å². The van der Waals surface area contributed by atoms with Gasteiger partial charge in [0.05, 0.1) is 11.1 Å². The fraction of sp³-hybridized carbons (Fsp3) is 0.156. The lowest BCUT2D eigenvalue weighted by Gasteiger charge is -2.15. The van der Waals surface area contributed by atoms with Crippen LogP contribution in [0.15, 0.2) is 72.8 Å². The first-order valence-corrected chi connectivity index (χ1v) is 13.1. The summed E-state index contributed by atoms with van der Waals surface area (Å²) in [6.07, 6.45) is 0.362. The van der Waals surface area contributed by atoms with E-state index in [1.807, 2.05) is 62.3 Å². The first-order chi connectivity index (χ1) is 19.6. The van der Waals surface area contributed by atoms with Gasteiger partial charge >= 0.3 is 0 Å². The Morgan fingerprint density at radius 1 is 0.927 bits per heavy atom. The number of nitrogens with two attached hydrogens (primary N) is 1. The lowest BCUT2D eigenvalue weighted by atomic mass is 9.93. The number of hydrogen-bond donors (Lipinski definition) is 4. The molecule has 0 saturated heterocycles. The van der Waals surface area contributed by atoms with E-state index in [0.29, 0.717) is 41.0 Å². The van der Waals surface area contributed by atoms with Gasteiger partial charge in [-0.15, -0.1) is 0 Å². The number of H-pyrrole nitrogens is 1. The monoisotopic (exact) mass is 551 g/mol. The lowest BCUT2D eigenvalue weighted by Crippen LogP contribution is -2.20. The van der Waals surface area contributed by atoms with Gasteiger partial charge in [-0.25, -0.2) is 4.39 Å². The molecule has 0 fully saturated rings. The maximum atomic E-state index is 13.3. The minimum atomic E-state index is -0.567. The molecule has 0 aliphatic carbocycles. The van der Waals surface area contributed by atoms with E-state index in [1.165, 1.54) is 24.3 Å². The van der Waals surface area contributed by atoms with Crippen LogP contribution in [0.25, 0.3) is 32.9 Å². The summed E-state index contributed by atoms with van der Waals surface area (Å²) < 4.78 is 13.3. The highest BCUT2D eigenvalue weighted by molar-refractivity contribution is 6.20. The summed E-state index contributed by atoms with van der Waals surface area (Å²) >= 11 is 0. The van der Waals surface area contributed by atoms with Gasteiger partial charge in [-0.3, -0.25) is 14.4 Å². The van der Waals surface area contributed by atoms with Crippen LogP contribution in [-0.2, 0) is 4.79 Å². The Morgan fingerprint density at radius 2 is 1.68 bits per heavy atom. The summed E-state index contributed by atoms with van der Waals surface area (Å²) in [5, 5.41) is 7.50. The fourth-order valence-electron chi connectivity index (χ4n) is 4.93. The first-order valence-electron chi connectivity index (χ1n) is 13.1. The van der Waals surface area contributed by atoms with Crippen LogP contribution in [0.1, 0.15) is 32.7 Å². The summed E-state index contributed by atoms with van der Waals surface area (Å²) in [4.78, 5) is 42.9. The molecular formula is C32H30FN5O3. The van der Waals surface area contributed by atoms with Gasteiger partial charge in [0.1, 0.15) is 5.82 Å². The molecule has 3 amide bonds. The maximum absolute atomic E-state index is 13.3. The summed E-state index contributed by atoms with van der Waals surface area (Å²) in [6.45, 7) is 2.54. The number of fused-ring (bicyclic) bond motifs is 3. The Morgan fingerprint density at radius 3 is 2.39 bits per heavy atom. The Labute approximate surface area is 236 Å². The van der Waals surface area contributed by atoms with Gasteiger partial charge in [0.15, 0.2) is 0 Å². The molecule has 9 heteroatoms. The average molecular weight is 552 g/mol. The second-order valence-electron chi connectivity index (χ2n) is 10.2. The van der Waals surface area contributed by atoms with Crippen LogP contribution < -0.4 is 16.4 Å². The highest BCUT2D eigenvalue weighted by Crippen LogP contribution is 2.39. The number of carbonyl (C=O) groups excluding carboxylic acids is 3. The van der Waals surface area contributed by atoms with Crippen LogP contribution in [-0.4, -0.2) is 48.2 Å². The van der Waals surface area contributed by atoms with Gasteiger partial charge in [-0.2, -0.15) is 0 Å². The van der Waals surface area contributed by atoms with Crippen molar-refractivity contribution in [3.05, 3.63) is 95.3 Å². The van der Waals surface area contributed by atoms with E-state index in [9.17, 15) is 18.8 Å². The average Bonchev–Trinajstić information content (AvgIpc) is 3.31. The summed E-state index contributed by atoms with van der Waals surface area (Å²) in [5.41, 5.74) is 11.5. The highest BCUT2D eigenvalue weighted by Gasteiger charge is 2.19. The van der Waals surface area contributed by atoms with Gasteiger partial charge < -0.3 is 26.3 Å². The van der Waals surface area contributed by atoms with Crippen molar-refractivity contribution >= 4 is 50.9 Å². The Balaban J connectivity index is 1.57. The van der Waals surface area contributed by atoms with Crippen molar-refractivity contribution < 1.29 is 18.8 Å². The van der Waals surface area contributed by atoms with Crippen molar-refractivity contribution in [2.45, 2.75) is 13.3 Å². The van der Waals surface area contributed by atoms with Crippen LogP contribution in [0.4, 0.5) is 15.8 Å². The molecule has 0 atom stereocenters. The van der Waals surface area contributed by atoms with Crippen LogP contribution in [0.5, 0.6) is 0 Å². The number of benzene rings is 4. The molecule has 41 heavy (non-hydrogen) atoms. The second-order valence-corrected chi connectivity index (χ2v) is 10.2. The number of carbonyl (C=O) groups is 3. The van der Waals surface area contributed by atoms with Crippen molar-refractivity contribution in [1.82, 2.24) is 9.88 Å². The Kier molecular flexibility index (Phi) is 7.54. The number of halogens is 1. The third-order valence-corrected chi connectivity index (χ3v) is 7.07. The molecule has 0 bridgehead atoms. The van der Waals surface area contributed by atoms with Gasteiger partial charge in [-0.1, -0.05) is 24.3 Å². The molecule has 208 valence electrons. The van der Waals surface area contributed by atoms with Crippen molar-refractivity contribution in [3.63, 3.8) is 0 Å². The van der Waals surface area contributed by atoms with E-state index in [2.05, 4.69) is 15.6 Å². The number of hydrogen-bond acceptors (Lipinski definition) is 4. The van der Waals surface area contributed by atoms with Crippen molar-refractivity contribution in [3.8, 4) is 11.1 Å². The van der Waals surface area contributed by atoms with E-state index in [-0.39, 0.29) is 11.8 Å². The predicted molar refractivity (Wildman–Crippen MR) is 161 cm³/mol. The number of nitrogens with one attached hydrogen (secondary N) is 3. The Bertz CT molecular complexity index is 1810. The number of aromatic nitrogens is 1. The van der Waals surface area contributed by atoms with E-state index in [1.54, 1.807) is 12.1 Å². The molecule has 0 saturated carbocycles. The number of anilines is 2. The number of aromatic amines is 1. The molecule has 4 aromatic carbocycles. The van der Waals surface area contributed by atoms with Crippen LogP contribution in [0.3, 0.4) is 0 Å². The summed E-state index contributed by atoms with van der Waals surface area (Å²) in [5.74, 6) is -1.43. The molecular weight excluding hydrogens is 521 g/mol. The van der Waals surface area contributed by atoms with E-state index >= 15 is 0 Å². The largest absolute Gasteiger partial charge is 0.366 e. The quantitative estimate of drug-likeness (QED) is 0.198. The normalized spacial score (nSPS) is 11.2. The molecule has 5 N–H and O–H groups in total. The minimum absolute atomic E-state index is 0.0946. The fourth-order valence-corrected chi connectivity index (χ4v) is 4.93. The number of primary amides is 1. The zero-order chi connectivity index (χ0) is 29.3. The van der Waals surface area contributed by atoms with Crippen molar-refractivity contribution in [2.24, 2.45) is 5.73 Å². The zero-order valence-corrected chi connectivity index (χ0v) is 23.0. The smallest absolute Gasteiger partial charge is 0.255 e. The SMILES string of the molecule is Cc1c(NC(=O)c2ccc(F)cc2)cccc1-c1ccc(C(N)=O)c2[nH]c3cc(NC(=O)CCN(C)C)ccc3c12. The number of amides is 3. The Hall–Kier alpha value is -5.02. The summed E-state index contributed by atoms with van der Waals surface area (Å²) in [6, 6.07) is 20.0. The van der Waals surface area contributed by atoms with E-state index < -0.39 is 11.7 Å².